The first-order valence-electron chi connectivity index (χ1n) is 8.74. The number of imide groups is 1. The summed E-state index contributed by atoms with van der Waals surface area (Å²) in [5.74, 6) is -0.467. The van der Waals surface area contributed by atoms with Gasteiger partial charge in [-0.05, 0) is 36.8 Å². The highest BCUT2D eigenvalue weighted by Crippen LogP contribution is 2.30. The van der Waals surface area contributed by atoms with Crippen LogP contribution in [0.1, 0.15) is 18.2 Å². The van der Waals surface area contributed by atoms with Gasteiger partial charge in [0.2, 0.25) is 0 Å². The fourth-order valence-electron chi connectivity index (χ4n) is 3.17. The topological polar surface area (TPSA) is 123 Å². The quantitative estimate of drug-likeness (QED) is 0.403. The van der Waals surface area contributed by atoms with Crippen molar-refractivity contribution in [2.24, 2.45) is 0 Å². The molecule has 2 aromatic carbocycles. The summed E-state index contributed by atoms with van der Waals surface area (Å²) in [6.45, 7) is 1.52. The third-order valence-corrected chi connectivity index (χ3v) is 4.78. The van der Waals surface area contributed by atoms with Crippen molar-refractivity contribution in [2.75, 3.05) is 0 Å². The van der Waals surface area contributed by atoms with Crippen LogP contribution in [0.25, 0.3) is 5.69 Å². The third-order valence-electron chi connectivity index (χ3n) is 4.78. The SMILES string of the molecule is C[C@@]1(c2ccc([N+](=O)[O-])cc2)NC(=O)N(Cc2cnn(-c3ccccc3)n2)C1=O. The van der Waals surface area contributed by atoms with Gasteiger partial charge in [-0.15, -0.1) is 0 Å². The van der Waals surface area contributed by atoms with Gasteiger partial charge in [0.05, 0.1) is 23.4 Å². The molecule has 0 bridgehead atoms. The predicted molar refractivity (Wildman–Crippen MR) is 101 cm³/mol. The van der Waals surface area contributed by atoms with E-state index in [1.165, 1.54) is 35.3 Å². The van der Waals surface area contributed by atoms with Crippen LogP contribution in [0, 0.1) is 10.1 Å². The minimum Gasteiger partial charge on any atom is -0.319 e. The number of hydrogen-bond donors (Lipinski definition) is 1. The molecule has 10 heteroatoms. The Balaban J connectivity index is 1.55. The molecule has 29 heavy (non-hydrogen) atoms. The monoisotopic (exact) mass is 392 g/mol. The molecule has 1 aliphatic rings. The number of carbonyl (C=O) groups excluding carboxylic acids is 2. The van der Waals surface area contributed by atoms with Gasteiger partial charge in [0, 0.05) is 12.1 Å². The molecule has 1 atom stereocenters. The molecule has 3 amide bonds. The van der Waals surface area contributed by atoms with Crippen molar-refractivity contribution in [1.29, 1.82) is 0 Å². The predicted octanol–water partition coefficient (Wildman–Crippen LogP) is 2.14. The lowest BCUT2D eigenvalue weighted by Gasteiger charge is -2.21. The van der Waals surface area contributed by atoms with Crippen molar-refractivity contribution in [1.82, 2.24) is 25.2 Å². The normalized spacial score (nSPS) is 18.7. The Labute approximate surface area is 164 Å². The Hall–Kier alpha value is -4.08. The van der Waals surface area contributed by atoms with Gasteiger partial charge in [-0.25, -0.2) is 4.79 Å². The second-order valence-electron chi connectivity index (χ2n) is 6.71. The lowest BCUT2D eigenvalue weighted by atomic mass is 9.92. The number of rotatable bonds is 5. The molecule has 0 unspecified atom stereocenters. The number of para-hydroxylation sites is 1. The number of aromatic nitrogens is 3. The molecule has 1 aromatic heterocycles. The third kappa shape index (κ3) is 3.20. The Morgan fingerprint density at radius 1 is 1.10 bits per heavy atom. The standard InChI is InChI=1S/C19H16N6O4/c1-19(13-7-9-16(10-8-13)25(28)29)17(26)23(18(27)21-19)12-14-11-20-24(22-14)15-5-3-2-4-6-15/h2-11H,12H2,1H3,(H,21,27)/t19-/m0/s1. The van der Waals surface area contributed by atoms with Crippen molar-refractivity contribution in [3.05, 3.63) is 82.2 Å². The fourth-order valence-corrected chi connectivity index (χ4v) is 3.17. The lowest BCUT2D eigenvalue weighted by molar-refractivity contribution is -0.384. The molecule has 10 nitrogen and oxygen atoms in total. The molecule has 1 aliphatic heterocycles. The second kappa shape index (κ2) is 6.82. The summed E-state index contributed by atoms with van der Waals surface area (Å²) < 4.78 is 0. The number of carbonyl (C=O) groups is 2. The number of nitrogens with zero attached hydrogens (tertiary/aromatic N) is 5. The fraction of sp³-hybridized carbons (Fsp3) is 0.158. The molecular formula is C19H16N6O4. The van der Waals surface area contributed by atoms with Crippen LogP contribution in [0.2, 0.25) is 0 Å². The second-order valence-corrected chi connectivity index (χ2v) is 6.71. The summed E-state index contributed by atoms with van der Waals surface area (Å²) in [4.78, 5) is 38.2. The summed E-state index contributed by atoms with van der Waals surface area (Å²) in [5.41, 5.74) is 0.249. The van der Waals surface area contributed by atoms with E-state index in [1.54, 1.807) is 6.92 Å². The average molecular weight is 392 g/mol. The van der Waals surface area contributed by atoms with Crippen LogP contribution in [-0.2, 0) is 16.9 Å². The largest absolute Gasteiger partial charge is 0.325 e. The number of nitrogens with one attached hydrogen (secondary N) is 1. The van der Waals surface area contributed by atoms with E-state index in [2.05, 4.69) is 15.5 Å². The first kappa shape index (κ1) is 18.3. The van der Waals surface area contributed by atoms with Crippen molar-refractivity contribution in [3.8, 4) is 5.69 Å². The highest BCUT2D eigenvalue weighted by Gasteiger charge is 2.49. The molecule has 3 aromatic rings. The molecule has 2 heterocycles. The molecule has 1 fully saturated rings. The van der Waals surface area contributed by atoms with Gasteiger partial charge in [-0.2, -0.15) is 15.0 Å². The molecule has 4 rings (SSSR count). The number of nitro benzene ring substituents is 1. The smallest absolute Gasteiger partial charge is 0.319 e. The summed E-state index contributed by atoms with van der Waals surface area (Å²) >= 11 is 0. The van der Waals surface area contributed by atoms with Gasteiger partial charge in [-0.3, -0.25) is 19.8 Å². The van der Waals surface area contributed by atoms with Gasteiger partial charge >= 0.3 is 6.03 Å². The van der Waals surface area contributed by atoms with Gasteiger partial charge in [0.15, 0.2) is 0 Å². The number of hydrogen-bond acceptors (Lipinski definition) is 6. The zero-order valence-electron chi connectivity index (χ0n) is 15.3. The Kier molecular flexibility index (Phi) is 4.30. The number of urea groups is 1. The zero-order valence-corrected chi connectivity index (χ0v) is 15.3. The van der Waals surface area contributed by atoms with Crippen LogP contribution in [0.15, 0.2) is 60.8 Å². The highest BCUT2D eigenvalue weighted by molar-refractivity contribution is 6.07. The maximum absolute atomic E-state index is 13.0. The average Bonchev–Trinajstić information content (AvgIpc) is 3.28. The van der Waals surface area contributed by atoms with E-state index in [0.29, 0.717) is 11.3 Å². The van der Waals surface area contributed by atoms with E-state index < -0.39 is 22.4 Å². The number of benzene rings is 2. The van der Waals surface area contributed by atoms with E-state index in [4.69, 9.17) is 0 Å². The molecule has 146 valence electrons. The van der Waals surface area contributed by atoms with Crippen LogP contribution >= 0.6 is 0 Å². The van der Waals surface area contributed by atoms with Crippen molar-refractivity contribution >= 4 is 17.6 Å². The van der Waals surface area contributed by atoms with Gasteiger partial charge < -0.3 is 5.32 Å². The molecular weight excluding hydrogens is 376 g/mol. The van der Waals surface area contributed by atoms with Crippen molar-refractivity contribution < 1.29 is 14.5 Å². The number of non-ortho nitro benzene ring substituents is 1. The summed E-state index contributed by atoms with van der Waals surface area (Å²) in [7, 11) is 0. The molecule has 0 spiro atoms. The minimum absolute atomic E-state index is 0.0416. The molecule has 1 N–H and O–H groups in total. The Bertz CT molecular complexity index is 1100. The minimum atomic E-state index is -1.32. The summed E-state index contributed by atoms with van der Waals surface area (Å²) in [5, 5.41) is 22.0. The summed E-state index contributed by atoms with van der Waals surface area (Å²) in [6.07, 6.45) is 1.50. The van der Waals surface area contributed by atoms with Crippen LogP contribution in [0.4, 0.5) is 10.5 Å². The van der Waals surface area contributed by atoms with Crippen LogP contribution in [0.3, 0.4) is 0 Å². The lowest BCUT2D eigenvalue weighted by Crippen LogP contribution is -2.40. The first-order valence-corrected chi connectivity index (χ1v) is 8.74. The maximum Gasteiger partial charge on any atom is 0.325 e. The van der Waals surface area contributed by atoms with Crippen molar-refractivity contribution in [2.45, 2.75) is 19.0 Å². The van der Waals surface area contributed by atoms with Gasteiger partial charge in [0.25, 0.3) is 11.6 Å². The van der Waals surface area contributed by atoms with Gasteiger partial charge in [0.1, 0.15) is 11.2 Å². The van der Waals surface area contributed by atoms with Crippen molar-refractivity contribution in [3.63, 3.8) is 0 Å². The Morgan fingerprint density at radius 3 is 2.45 bits per heavy atom. The molecule has 0 saturated carbocycles. The van der Waals surface area contributed by atoms with E-state index in [-0.39, 0.29) is 12.2 Å². The first-order chi connectivity index (χ1) is 13.9. The van der Waals surface area contributed by atoms with E-state index in [1.807, 2.05) is 30.3 Å². The van der Waals surface area contributed by atoms with Gasteiger partial charge in [-0.1, -0.05) is 18.2 Å². The van der Waals surface area contributed by atoms with Crippen LogP contribution in [-0.4, -0.2) is 36.8 Å². The van der Waals surface area contributed by atoms with Crippen LogP contribution < -0.4 is 5.32 Å². The van der Waals surface area contributed by atoms with Crippen LogP contribution in [0.5, 0.6) is 0 Å². The highest BCUT2D eigenvalue weighted by atomic mass is 16.6. The zero-order chi connectivity index (χ0) is 20.6. The van der Waals surface area contributed by atoms with E-state index in [9.17, 15) is 19.7 Å². The molecule has 0 aliphatic carbocycles. The van der Waals surface area contributed by atoms with E-state index in [0.717, 1.165) is 10.6 Å². The summed E-state index contributed by atoms with van der Waals surface area (Å²) in [6, 6.07) is 14.2. The molecule has 1 saturated heterocycles. The molecule has 0 radical (unpaired) electrons. The maximum atomic E-state index is 13.0. The number of amides is 3. The Morgan fingerprint density at radius 2 is 1.79 bits per heavy atom. The van der Waals surface area contributed by atoms with E-state index >= 15 is 0 Å². The number of nitro groups is 1.